The van der Waals surface area contributed by atoms with Crippen LogP contribution in [0.3, 0.4) is 0 Å². The van der Waals surface area contributed by atoms with E-state index in [-0.39, 0.29) is 17.5 Å². The van der Waals surface area contributed by atoms with Crippen LogP contribution >= 0.6 is 0 Å². The number of benzene rings is 2. The lowest BCUT2D eigenvalue weighted by molar-refractivity contribution is -0.516. The summed E-state index contributed by atoms with van der Waals surface area (Å²) in [4.78, 5) is 48.7. The van der Waals surface area contributed by atoms with Gasteiger partial charge in [-0.1, -0.05) is 36.4 Å². The number of carbonyl (C=O) groups excluding carboxylic acids is 2. The molecule has 1 fully saturated rings. The van der Waals surface area contributed by atoms with Crippen molar-refractivity contribution >= 4 is 17.8 Å². The molecule has 2 aliphatic rings. The fraction of sp³-hybridized carbons (Fsp3) is 0.286. The summed E-state index contributed by atoms with van der Waals surface area (Å²) in [6.45, 7) is 1.35. The molecule has 1 saturated heterocycles. The van der Waals surface area contributed by atoms with Crippen molar-refractivity contribution in [3.05, 3.63) is 80.9 Å². The van der Waals surface area contributed by atoms with Crippen molar-refractivity contribution in [1.82, 2.24) is 4.90 Å². The maximum Gasteiger partial charge on any atom is 0.342 e. The second-order valence-electron chi connectivity index (χ2n) is 7.62. The highest BCUT2D eigenvalue weighted by Crippen LogP contribution is 2.32. The Morgan fingerprint density at radius 2 is 1.63 bits per heavy atom. The Bertz CT molecular complexity index is 1030. The van der Waals surface area contributed by atoms with Crippen LogP contribution in [0.1, 0.15) is 38.8 Å². The highest BCUT2D eigenvalue weighted by atomic mass is 16.7. The third kappa shape index (κ3) is 3.22. The minimum atomic E-state index is -1.77. The highest BCUT2D eigenvalue weighted by molar-refractivity contribution is 6.23. The average molecular weight is 410 g/mol. The summed E-state index contributed by atoms with van der Waals surface area (Å²) in [6.07, 6.45) is -1.14. The summed E-state index contributed by atoms with van der Waals surface area (Å²) in [7, 11) is 0. The van der Waals surface area contributed by atoms with Crippen LogP contribution < -0.4 is 0 Å². The van der Waals surface area contributed by atoms with Gasteiger partial charge in [0.1, 0.15) is 5.54 Å². The van der Waals surface area contributed by atoms with Gasteiger partial charge in [0.2, 0.25) is 0 Å². The number of aliphatic carboxylic acids is 1. The van der Waals surface area contributed by atoms with Gasteiger partial charge >= 0.3 is 12.2 Å². The van der Waals surface area contributed by atoms with E-state index in [1.54, 1.807) is 36.4 Å². The van der Waals surface area contributed by atoms with Gasteiger partial charge in [0.25, 0.3) is 11.8 Å². The number of epoxide rings is 1. The summed E-state index contributed by atoms with van der Waals surface area (Å²) in [5.74, 6) is -2.55. The van der Waals surface area contributed by atoms with Gasteiger partial charge in [-0.3, -0.25) is 24.6 Å². The molecule has 30 heavy (non-hydrogen) atoms. The van der Waals surface area contributed by atoms with E-state index in [0.29, 0.717) is 12.0 Å². The number of fused-ring (bicyclic) bond motifs is 1. The number of hydrogen-bond acceptors (Lipinski definition) is 6. The number of ether oxygens (including phenoxy) is 1. The Labute approximate surface area is 171 Å². The summed E-state index contributed by atoms with van der Waals surface area (Å²) in [6, 6.07) is 13.1. The molecule has 3 atom stereocenters. The summed E-state index contributed by atoms with van der Waals surface area (Å²) in [5.41, 5.74) is 0.0317. The normalized spacial score (nSPS) is 21.8. The lowest BCUT2D eigenvalue weighted by Crippen LogP contribution is -2.56. The van der Waals surface area contributed by atoms with Gasteiger partial charge in [-0.15, -0.1) is 0 Å². The molecule has 4 rings (SSSR count). The van der Waals surface area contributed by atoms with Crippen LogP contribution in [0.15, 0.2) is 48.5 Å². The summed E-state index contributed by atoms with van der Waals surface area (Å²) < 4.78 is 4.99. The summed E-state index contributed by atoms with van der Waals surface area (Å²) >= 11 is 0. The average Bonchev–Trinajstić information content (AvgIpc) is 3.43. The van der Waals surface area contributed by atoms with E-state index in [2.05, 4.69) is 0 Å². The van der Waals surface area contributed by atoms with E-state index in [1.807, 2.05) is 0 Å². The fourth-order valence-corrected chi connectivity index (χ4v) is 3.78. The van der Waals surface area contributed by atoms with Gasteiger partial charge < -0.3 is 9.84 Å². The van der Waals surface area contributed by atoms with Crippen LogP contribution in [-0.4, -0.2) is 50.6 Å². The molecule has 2 aromatic carbocycles. The first kappa shape index (κ1) is 19.7. The molecule has 0 spiro atoms. The molecular formula is C21H18N2O7. The van der Waals surface area contributed by atoms with Crippen LogP contribution in [0.5, 0.6) is 0 Å². The van der Waals surface area contributed by atoms with E-state index >= 15 is 0 Å². The molecule has 2 aromatic rings. The third-order valence-electron chi connectivity index (χ3n) is 5.52. The Balaban J connectivity index is 1.54. The molecule has 0 bridgehead atoms. The van der Waals surface area contributed by atoms with E-state index in [9.17, 15) is 29.6 Å². The molecule has 1 N–H and O–H groups in total. The zero-order chi connectivity index (χ0) is 21.6. The number of amides is 2. The first-order valence-electron chi connectivity index (χ1n) is 9.30. The first-order chi connectivity index (χ1) is 14.2. The van der Waals surface area contributed by atoms with Crippen molar-refractivity contribution < 1.29 is 29.2 Å². The standard InChI is InChI=1S/C21H18N2O7/c1-21(20(26)27,22-17(24)14-4-2-3-5-15(14)18(22)25)11-13-8-6-12(7-9-13)10-16-19(30-16)23(28)29/h2-9,16,19H,10-11H2,1H3,(H,26,27)/t16?,19?,21-/m0/s1. The van der Waals surface area contributed by atoms with Crippen LogP contribution in [0.2, 0.25) is 0 Å². The van der Waals surface area contributed by atoms with Crippen molar-refractivity contribution in [3.63, 3.8) is 0 Å². The second-order valence-corrected chi connectivity index (χ2v) is 7.62. The Hall–Kier alpha value is -3.59. The number of carbonyl (C=O) groups is 3. The Morgan fingerprint density at radius 3 is 2.10 bits per heavy atom. The van der Waals surface area contributed by atoms with E-state index in [1.165, 1.54) is 19.1 Å². The monoisotopic (exact) mass is 410 g/mol. The first-order valence-corrected chi connectivity index (χ1v) is 9.30. The van der Waals surface area contributed by atoms with E-state index in [0.717, 1.165) is 10.5 Å². The number of imide groups is 1. The Kier molecular flexibility index (Phi) is 4.62. The van der Waals surface area contributed by atoms with Gasteiger partial charge in [0, 0.05) is 12.8 Å². The van der Waals surface area contributed by atoms with Gasteiger partial charge in [-0.05, 0) is 30.2 Å². The van der Waals surface area contributed by atoms with Crippen LogP contribution in [0, 0.1) is 10.1 Å². The third-order valence-corrected chi connectivity index (χ3v) is 5.52. The van der Waals surface area contributed by atoms with Gasteiger partial charge in [-0.25, -0.2) is 4.79 Å². The molecule has 0 saturated carbocycles. The number of rotatable bonds is 7. The second kappa shape index (κ2) is 7.03. The minimum absolute atomic E-state index is 0.0778. The molecular weight excluding hydrogens is 392 g/mol. The lowest BCUT2D eigenvalue weighted by Gasteiger charge is -2.33. The van der Waals surface area contributed by atoms with Crippen LogP contribution in [0.4, 0.5) is 0 Å². The van der Waals surface area contributed by atoms with Crippen molar-refractivity contribution in [2.24, 2.45) is 0 Å². The largest absolute Gasteiger partial charge is 0.479 e. The van der Waals surface area contributed by atoms with Crippen molar-refractivity contribution in [2.75, 3.05) is 0 Å². The van der Waals surface area contributed by atoms with Gasteiger partial charge in [0.05, 0.1) is 16.1 Å². The van der Waals surface area contributed by atoms with E-state index < -0.39 is 40.6 Å². The molecule has 9 heteroatoms. The number of hydrogen-bond donors (Lipinski definition) is 1. The number of carboxylic acids is 1. The maximum atomic E-state index is 12.8. The predicted molar refractivity (Wildman–Crippen MR) is 102 cm³/mol. The van der Waals surface area contributed by atoms with E-state index in [4.69, 9.17) is 4.74 Å². The highest BCUT2D eigenvalue weighted by Gasteiger charge is 2.51. The molecule has 2 unspecified atom stereocenters. The van der Waals surface area contributed by atoms with Crippen molar-refractivity contribution in [1.29, 1.82) is 0 Å². The molecule has 154 valence electrons. The zero-order valence-electron chi connectivity index (χ0n) is 16.0. The lowest BCUT2D eigenvalue weighted by atomic mass is 9.90. The van der Waals surface area contributed by atoms with Crippen molar-refractivity contribution in [2.45, 2.75) is 37.6 Å². The maximum absolute atomic E-state index is 12.8. The smallest absolute Gasteiger partial charge is 0.342 e. The van der Waals surface area contributed by atoms with Crippen LogP contribution in [0.25, 0.3) is 0 Å². The van der Waals surface area contributed by atoms with Crippen LogP contribution in [-0.2, 0) is 22.4 Å². The molecule has 9 nitrogen and oxygen atoms in total. The predicted octanol–water partition coefficient (Wildman–Crippen LogP) is 1.91. The summed E-state index contributed by atoms with van der Waals surface area (Å²) in [5, 5.41) is 20.6. The quantitative estimate of drug-likeness (QED) is 0.319. The zero-order valence-corrected chi connectivity index (χ0v) is 16.0. The van der Waals surface area contributed by atoms with Gasteiger partial charge in [0.15, 0.2) is 6.10 Å². The molecule has 2 heterocycles. The Morgan fingerprint density at radius 1 is 1.10 bits per heavy atom. The van der Waals surface area contributed by atoms with Gasteiger partial charge in [-0.2, -0.15) is 0 Å². The topological polar surface area (TPSA) is 130 Å². The SMILES string of the molecule is C[C@](Cc1ccc(CC2OC2[N+](=O)[O-])cc1)(C(=O)O)N1C(=O)c2ccccc2C1=O. The number of carboxylic acid groups (broad SMARTS) is 1. The molecule has 0 radical (unpaired) electrons. The minimum Gasteiger partial charge on any atom is -0.479 e. The fourth-order valence-electron chi connectivity index (χ4n) is 3.78. The number of nitrogens with zero attached hydrogens (tertiary/aromatic N) is 2. The molecule has 2 aliphatic heterocycles. The molecule has 0 aromatic heterocycles. The molecule has 0 aliphatic carbocycles. The molecule has 2 amide bonds. The number of nitro groups is 1. The van der Waals surface area contributed by atoms with Crippen molar-refractivity contribution in [3.8, 4) is 0 Å².